The largest absolute Gasteiger partial charge is 0.489 e. The van der Waals surface area contributed by atoms with Crippen LogP contribution in [0.1, 0.15) is 5.56 Å². The summed E-state index contributed by atoms with van der Waals surface area (Å²) in [5.41, 5.74) is 0.801. The van der Waals surface area contributed by atoms with Crippen molar-refractivity contribution in [2.75, 3.05) is 0 Å². The molecule has 2 rings (SSSR count). The van der Waals surface area contributed by atoms with E-state index in [1.54, 1.807) is 0 Å². The minimum Gasteiger partial charge on any atom is -0.489 e. The summed E-state index contributed by atoms with van der Waals surface area (Å²) in [5, 5.41) is 0. The SMILES string of the molecule is Fc1cc(Br)cc(COc2ccc(I)cc2)c1. The van der Waals surface area contributed by atoms with Gasteiger partial charge in [-0.25, -0.2) is 4.39 Å². The maximum absolute atomic E-state index is 13.1. The van der Waals surface area contributed by atoms with Crippen LogP contribution >= 0.6 is 38.5 Å². The predicted octanol–water partition coefficient (Wildman–Crippen LogP) is 4.77. The van der Waals surface area contributed by atoms with Gasteiger partial charge in [0.25, 0.3) is 0 Å². The maximum Gasteiger partial charge on any atom is 0.124 e. The smallest absolute Gasteiger partial charge is 0.124 e. The van der Waals surface area contributed by atoms with Crippen molar-refractivity contribution in [2.24, 2.45) is 0 Å². The second kappa shape index (κ2) is 5.82. The minimum absolute atomic E-state index is 0.263. The molecule has 0 aliphatic carbocycles. The fraction of sp³-hybridized carbons (Fsp3) is 0.0769. The van der Waals surface area contributed by atoms with Gasteiger partial charge in [-0.05, 0) is 70.6 Å². The molecule has 0 saturated carbocycles. The third kappa shape index (κ3) is 3.96. The van der Waals surface area contributed by atoms with Crippen LogP contribution in [0, 0.1) is 9.39 Å². The summed E-state index contributed by atoms with van der Waals surface area (Å²) >= 11 is 5.49. The molecule has 0 aliphatic rings. The average Bonchev–Trinajstić information content (AvgIpc) is 2.27. The lowest BCUT2D eigenvalue weighted by Gasteiger charge is -2.07. The Labute approximate surface area is 121 Å². The van der Waals surface area contributed by atoms with E-state index in [1.165, 1.54) is 12.1 Å². The van der Waals surface area contributed by atoms with E-state index in [0.29, 0.717) is 6.61 Å². The van der Waals surface area contributed by atoms with Gasteiger partial charge in [-0.3, -0.25) is 0 Å². The molecule has 4 heteroatoms. The van der Waals surface area contributed by atoms with E-state index >= 15 is 0 Å². The van der Waals surface area contributed by atoms with Gasteiger partial charge in [-0.15, -0.1) is 0 Å². The second-order valence-electron chi connectivity index (χ2n) is 3.52. The molecule has 0 fully saturated rings. The predicted molar refractivity (Wildman–Crippen MR) is 77.6 cm³/mol. The maximum atomic E-state index is 13.1. The number of rotatable bonds is 3. The summed E-state index contributed by atoms with van der Waals surface area (Å²) in [5.74, 6) is 0.520. The van der Waals surface area contributed by atoms with Crippen LogP contribution < -0.4 is 4.74 Å². The number of hydrogen-bond acceptors (Lipinski definition) is 1. The Morgan fingerprint density at radius 3 is 2.47 bits per heavy atom. The molecule has 0 heterocycles. The third-order valence-corrected chi connectivity index (χ3v) is 3.32. The Bertz CT molecular complexity index is 493. The van der Waals surface area contributed by atoms with Crippen molar-refractivity contribution >= 4 is 38.5 Å². The first kappa shape index (κ1) is 12.8. The van der Waals surface area contributed by atoms with Gasteiger partial charge < -0.3 is 4.74 Å². The van der Waals surface area contributed by atoms with E-state index in [-0.39, 0.29) is 5.82 Å². The zero-order chi connectivity index (χ0) is 12.3. The van der Waals surface area contributed by atoms with Crippen molar-refractivity contribution in [2.45, 2.75) is 6.61 Å². The quantitative estimate of drug-likeness (QED) is 0.667. The van der Waals surface area contributed by atoms with E-state index < -0.39 is 0 Å². The molecule has 0 unspecified atom stereocenters. The topological polar surface area (TPSA) is 9.23 Å². The second-order valence-corrected chi connectivity index (χ2v) is 5.68. The van der Waals surface area contributed by atoms with E-state index in [1.807, 2.05) is 30.3 Å². The highest BCUT2D eigenvalue weighted by atomic mass is 127. The van der Waals surface area contributed by atoms with Gasteiger partial charge in [0.15, 0.2) is 0 Å². The highest BCUT2D eigenvalue weighted by Gasteiger charge is 2.00. The summed E-state index contributed by atoms with van der Waals surface area (Å²) in [4.78, 5) is 0. The number of ether oxygens (including phenoxy) is 1. The number of hydrogen-bond donors (Lipinski definition) is 0. The Hall–Kier alpha value is -0.620. The molecule has 0 N–H and O–H groups in total. The van der Waals surface area contributed by atoms with Gasteiger partial charge >= 0.3 is 0 Å². The molecule has 0 saturated heterocycles. The summed E-state index contributed by atoms with van der Waals surface area (Å²) < 4.78 is 20.6. The van der Waals surface area contributed by atoms with Gasteiger partial charge in [0, 0.05) is 8.04 Å². The average molecular weight is 407 g/mol. The van der Waals surface area contributed by atoms with Crippen molar-refractivity contribution in [1.82, 2.24) is 0 Å². The summed E-state index contributed by atoms with van der Waals surface area (Å²) in [6.07, 6.45) is 0. The van der Waals surface area contributed by atoms with Gasteiger partial charge in [-0.1, -0.05) is 15.9 Å². The van der Waals surface area contributed by atoms with E-state index in [9.17, 15) is 4.39 Å². The lowest BCUT2D eigenvalue weighted by atomic mass is 10.2. The van der Waals surface area contributed by atoms with Crippen LogP contribution in [-0.4, -0.2) is 0 Å². The highest BCUT2D eigenvalue weighted by molar-refractivity contribution is 14.1. The van der Waals surface area contributed by atoms with Crippen LogP contribution in [0.4, 0.5) is 4.39 Å². The molecule has 0 atom stereocenters. The van der Waals surface area contributed by atoms with Gasteiger partial charge in [0.1, 0.15) is 18.2 Å². The number of benzene rings is 2. The number of halogens is 3. The normalized spacial score (nSPS) is 10.3. The lowest BCUT2D eigenvalue weighted by molar-refractivity contribution is 0.305. The molecule has 0 radical (unpaired) electrons. The standard InChI is InChI=1S/C13H9BrFIO/c14-10-5-9(6-11(15)7-10)8-17-13-3-1-12(16)2-4-13/h1-7H,8H2. The first-order chi connectivity index (χ1) is 8.13. The van der Waals surface area contributed by atoms with E-state index in [2.05, 4.69) is 38.5 Å². The first-order valence-corrected chi connectivity index (χ1v) is 6.84. The van der Waals surface area contributed by atoms with Crippen LogP contribution in [0.5, 0.6) is 5.75 Å². The fourth-order valence-corrected chi connectivity index (χ4v) is 2.26. The van der Waals surface area contributed by atoms with Gasteiger partial charge in [-0.2, -0.15) is 0 Å². The van der Waals surface area contributed by atoms with Crippen molar-refractivity contribution in [1.29, 1.82) is 0 Å². The Morgan fingerprint density at radius 2 is 1.82 bits per heavy atom. The van der Waals surface area contributed by atoms with Crippen molar-refractivity contribution in [3.63, 3.8) is 0 Å². The molecule has 2 aromatic carbocycles. The molecule has 0 bridgehead atoms. The van der Waals surface area contributed by atoms with Crippen LogP contribution in [-0.2, 0) is 6.61 Å². The van der Waals surface area contributed by atoms with Crippen LogP contribution in [0.2, 0.25) is 0 Å². The van der Waals surface area contributed by atoms with E-state index in [4.69, 9.17) is 4.74 Å². The highest BCUT2D eigenvalue weighted by Crippen LogP contribution is 2.18. The van der Waals surface area contributed by atoms with Crippen LogP contribution in [0.3, 0.4) is 0 Å². The third-order valence-electron chi connectivity index (χ3n) is 2.14. The Morgan fingerprint density at radius 1 is 1.12 bits per heavy atom. The first-order valence-electron chi connectivity index (χ1n) is 4.97. The van der Waals surface area contributed by atoms with Crippen LogP contribution in [0.15, 0.2) is 46.9 Å². The van der Waals surface area contributed by atoms with Crippen molar-refractivity contribution < 1.29 is 9.13 Å². The Kier molecular flexibility index (Phi) is 4.39. The van der Waals surface area contributed by atoms with E-state index in [0.717, 1.165) is 19.4 Å². The summed E-state index contributed by atoms with van der Waals surface area (Å²) in [6, 6.07) is 12.5. The molecule has 88 valence electrons. The molecule has 1 nitrogen and oxygen atoms in total. The molecular weight excluding hydrogens is 398 g/mol. The van der Waals surface area contributed by atoms with Crippen molar-refractivity contribution in [3.05, 3.63) is 61.9 Å². The summed E-state index contributed by atoms with van der Waals surface area (Å²) in [6.45, 7) is 0.358. The minimum atomic E-state index is -0.263. The monoisotopic (exact) mass is 406 g/mol. The molecule has 0 aromatic heterocycles. The van der Waals surface area contributed by atoms with Crippen LogP contribution in [0.25, 0.3) is 0 Å². The Balaban J connectivity index is 2.04. The van der Waals surface area contributed by atoms with Crippen molar-refractivity contribution in [3.8, 4) is 5.75 Å². The molecule has 0 spiro atoms. The molecule has 2 aromatic rings. The van der Waals surface area contributed by atoms with Gasteiger partial charge in [0.05, 0.1) is 0 Å². The van der Waals surface area contributed by atoms with Gasteiger partial charge in [0.2, 0.25) is 0 Å². The molecule has 0 amide bonds. The summed E-state index contributed by atoms with van der Waals surface area (Å²) in [7, 11) is 0. The fourth-order valence-electron chi connectivity index (χ4n) is 1.39. The lowest BCUT2D eigenvalue weighted by Crippen LogP contribution is -1.96. The zero-order valence-electron chi connectivity index (χ0n) is 8.79. The molecular formula is C13H9BrFIO. The zero-order valence-corrected chi connectivity index (χ0v) is 12.5. The molecule has 17 heavy (non-hydrogen) atoms. The molecule has 0 aliphatic heterocycles.